The van der Waals surface area contributed by atoms with Gasteiger partial charge in [0.05, 0.1) is 49.1 Å². The number of cyclic esters (lactones) is 1. The zero-order valence-electron chi connectivity index (χ0n) is 30.8. The van der Waals surface area contributed by atoms with E-state index in [4.69, 9.17) is 28.4 Å². The number of carbonyl (C=O) groups excluding carboxylic acids is 2. The van der Waals surface area contributed by atoms with E-state index in [0.717, 1.165) is 19.1 Å². The van der Waals surface area contributed by atoms with Crippen LogP contribution in [0.3, 0.4) is 0 Å². The average Bonchev–Trinajstić information content (AvgIpc) is 3.01. The van der Waals surface area contributed by atoms with Crippen LogP contribution in [0.25, 0.3) is 0 Å². The van der Waals surface area contributed by atoms with Crippen LogP contribution in [-0.4, -0.2) is 152 Å². The highest BCUT2D eigenvalue weighted by Gasteiger charge is 2.48. The molecule has 0 amide bonds. The number of methoxy groups -OCH3 is 1. The molecule has 0 aromatic carbocycles. The lowest BCUT2D eigenvalue weighted by Crippen LogP contribution is -2.63. The second kappa shape index (κ2) is 19.7. The number of aliphatic hydroxyl groups is 3. The molecule has 282 valence electrons. The van der Waals surface area contributed by atoms with E-state index in [0.29, 0.717) is 12.8 Å². The van der Waals surface area contributed by atoms with Gasteiger partial charge in [-0.15, -0.1) is 0 Å². The highest BCUT2D eigenvalue weighted by Crippen LogP contribution is 2.34. The largest absolute Gasteiger partial charge is 0.462 e. The number of aldehydes is 1. The van der Waals surface area contributed by atoms with Crippen molar-refractivity contribution in [2.24, 2.45) is 11.8 Å². The summed E-state index contributed by atoms with van der Waals surface area (Å²) in [5.41, 5.74) is 0. The summed E-state index contributed by atoms with van der Waals surface area (Å²) in [5.74, 6) is -1.35. The number of esters is 1. The minimum atomic E-state index is -1.37. The van der Waals surface area contributed by atoms with Crippen molar-refractivity contribution in [2.45, 2.75) is 146 Å². The minimum Gasteiger partial charge on any atom is -0.462 e. The fraction of sp³-hybridized carbons (Fsp3) is 0.833. The Morgan fingerprint density at radius 2 is 1.63 bits per heavy atom. The van der Waals surface area contributed by atoms with E-state index in [1.807, 2.05) is 45.3 Å². The number of hydrogen-bond acceptors (Lipinski definition) is 13. The summed E-state index contributed by atoms with van der Waals surface area (Å²) < 4.78 is 36.8. The molecule has 2 saturated heterocycles. The molecule has 3 rings (SSSR count). The van der Waals surface area contributed by atoms with Crippen molar-refractivity contribution in [3.05, 3.63) is 24.3 Å². The van der Waals surface area contributed by atoms with Gasteiger partial charge in [-0.25, -0.2) is 0 Å². The second-order valence-electron chi connectivity index (χ2n) is 14.4. The molecule has 0 saturated carbocycles. The van der Waals surface area contributed by atoms with Gasteiger partial charge in [0.2, 0.25) is 0 Å². The highest BCUT2D eigenvalue weighted by molar-refractivity contribution is 5.70. The van der Waals surface area contributed by atoms with Gasteiger partial charge in [-0.1, -0.05) is 31.2 Å². The Kier molecular flexibility index (Phi) is 16.8. The third-order valence-corrected chi connectivity index (χ3v) is 10.1. The normalized spacial score (nSPS) is 43.2. The zero-order chi connectivity index (χ0) is 36.4. The fourth-order valence-corrected chi connectivity index (χ4v) is 7.35. The van der Waals surface area contributed by atoms with E-state index in [-0.39, 0.29) is 30.9 Å². The van der Waals surface area contributed by atoms with E-state index in [1.165, 1.54) is 7.11 Å². The Balaban J connectivity index is 2.00. The third-order valence-electron chi connectivity index (χ3n) is 10.1. The molecule has 0 radical (unpaired) electrons. The Hall–Kier alpha value is -1.78. The molecular formula is C36H62N2O11. The maximum Gasteiger partial charge on any atom is 0.308 e. The van der Waals surface area contributed by atoms with E-state index >= 15 is 0 Å². The number of hydrogen-bond donors (Lipinski definition) is 3. The number of ether oxygens (including phenoxy) is 6. The van der Waals surface area contributed by atoms with E-state index in [1.54, 1.807) is 32.8 Å². The Morgan fingerprint density at radius 1 is 0.918 bits per heavy atom. The lowest BCUT2D eigenvalue weighted by molar-refractivity contribution is -0.309. The van der Waals surface area contributed by atoms with Crippen molar-refractivity contribution in [1.29, 1.82) is 0 Å². The van der Waals surface area contributed by atoms with Crippen LogP contribution in [0.5, 0.6) is 0 Å². The van der Waals surface area contributed by atoms with Gasteiger partial charge in [-0.05, 0) is 80.1 Å². The van der Waals surface area contributed by atoms with Crippen LogP contribution in [0, 0.1) is 11.8 Å². The van der Waals surface area contributed by atoms with E-state index in [2.05, 4.69) is 11.8 Å². The molecule has 0 aromatic heterocycles. The SMILES string of the molecule is CO[C@H]1[C@H](O)CC(=O)O[C@H](C)C/C=C/C=C/[C@H](OC2CCC(N(C)C)C(C)O2)[C@H](C)CC(CC=O)[C@@H]1OC1OC(C)C(O)C(N(C)C)C1O. The molecule has 0 aliphatic carbocycles. The predicted molar refractivity (Wildman–Crippen MR) is 182 cm³/mol. The first-order valence-corrected chi connectivity index (χ1v) is 17.7. The summed E-state index contributed by atoms with van der Waals surface area (Å²) in [6.07, 6.45) is 1.58. The molecule has 49 heavy (non-hydrogen) atoms. The first-order valence-electron chi connectivity index (χ1n) is 17.7. The number of aliphatic hydroxyl groups excluding tert-OH is 3. The van der Waals surface area contributed by atoms with Crippen LogP contribution in [0.2, 0.25) is 0 Å². The lowest BCUT2D eigenvalue weighted by atomic mass is 9.82. The number of rotatable bonds is 9. The van der Waals surface area contributed by atoms with Gasteiger partial charge in [0, 0.05) is 26.0 Å². The van der Waals surface area contributed by atoms with Crippen LogP contribution in [0.15, 0.2) is 24.3 Å². The second-order valence-corrected chi connectivity index (χ2v) is 14.4. The van der Waals surface area contributed by atoms with Gasteiger partial charge in [-0.2, -0.15) is 0 Å². The van der Waals surface area contributed by atoms with E-state index < -0.39 is 79.3 Å². The maximum absolute atomic E-state index is 12.9. The number of likely N-dealkylation sites (N-methyl/N-ethyl adjacent to an activating group) is 2. The summed E-state index contributed by atoms with van der Waals surface area (Å²) in [6.45, 7) is 7.53. The molecule has 13 nitrogen and oxygen atoms in total. The molecule has 0 bridgehead atoms. The Bertz CT molecular complexity index is 1070. The van der Waals surface area contributed by atoms with Gasteiger partial charge in [0.25, 0.3) is 0 Å². The van der Waals surface area contributed by atoms with Gasteiger partial charge in [0.1, 0.15) is 24.6 Å². The summed E-state index contributed by atoms with van der Waals surface area (Å²) in [4.78, 5) is 29.0. The van der Waals surface area contributed by atoms with Crippen molar-refractivity contribution < 1.29 is 53.3 Å². The summed E-state index contributed by atoms with van der Waals surface area (Å²) in [5, 5.41) is 33.6. The van der Waals surface area contributed by atoms with Crippen molar-refractivity contribution in [1.82, 2.24) is 9.80 Å². The average molecular weight is 699 g/mol. The van der Waals surface area contributed by atoms with Gasteiger partial charge >= 0.3 is 5.97 Å². The molecule has 3 aliphatic heterocycles. The van der Waals surface area contributed by atoms with E-state index in [9.17, 15) is 24.9 Å². The molecule has 13 heteroatoms. The maximum atomic E-state index is 12.9. The predicted octanol–water partition coefficient (Wildman–Crippen LogP) is 2.05. The summed E-state index contributed by atoms with van der Waals surface area (Å²) in [7, 11) is 8.97. The Labute approximate surface area is 292 Å². The quantitative estimate of drug-likeness (QED) is 0.238. The standard InChI is InChI=1S/C36H62N2O11/c1-21-19-25(17-18-39)34(49-36-33(43)31(38(7)8)32(42)24(4)47-36)35(44-9)27(40)20-29(41)45-22(2)13-11-10-12-14-28(21)48-30-16-15-26(37(5)6)23(3)46-30/h10-12,14,18,21-28,30-36,40,42-43H,13,15-17,19-20H2,1-9H3/b11-10+,14-12+/t21-,22-,23?,24?,25?,26?,27-,28+,30?,31?,32?,33?,34+,35+,36?/m1/s1. The van der Waals surface area contributed by atoms with Crippen LogP contribution in [-0.2, 0) is 38.0 Å². The topological polar surface area (TPSA) is 157 Å². The fourth-order valence-electron chi connectivity index (χ4n) is 7.35. The van der Waals surface area contributed by atoms with Crippen LogP contribution in [0.1, 0.15) is 66.2 Å². The zero-order valence-corrected chi connectivity index (χ0v) is 30.8. The van der Waals surface area contributed by atoms with Crippen LogP contribution in [0.4, 0.5) is 0 Å². The summed E-state index contributed by atoms with van der Waals surface area (Å²) >= 11 is 0. The third kappa shape index (κ3) is 11.6. The van der Waals surface area contributed by atoms with Crippen molar-refractivity contribution >= 4 is 12.3 Å². The van der Waals surface area contributed by atoms with Crippen molar-refractivity contribution in [2.75, 3.05) is 35.3 Å². The van der Waals surface area contributed by atoms with Gasteiger partial charge in [0.15, 0.2) is 12.6 Å². The van der Waals surface area contributed by atoms with Gasteiger partial charge in [-0.3, -0.25) is 4.79 Å². The number of carbonyl (C=O) groups is 2. The van der Waals surface area contributed by atoms with Crippen LogP contribution < -0.4 is 0 Å². The first-order chi connectivity index (χ1) is 23.2. The highest BCUT2D eigenvalue weighted by atomic mass is 16.7. The molecule has 0 spiro atoms. The molecule has 15 atom stereocenters. The number of allylic oxidation sites excluding steroid dienone is 2. The minimum absolute atomic E-state index is 0.0262. The lowest BCUT2D eigenvalue weighted by Gasteiger charge is -2.46. The molecule has 0 aromatic rings. The van der Waals surface area contributed by atoms with Crippen molar-refractivity contribution in [3.63, 3.8) is 0 Å². The van der Waals surface area contributed by atoms with Crippen molar-refractivity contribution in [3.8, 4) is 0 Å². The first kappa shape index (κ1) is 41.6. The molecule has 3 aliphatic rings. The summed E-state index contributed by atoms with van der Waals surface area (Å²) in [6, 6.07) is -0.434. The molecule has 9 unspecified atom stereocenters. The monoisotopic (exact) mass is 698 g/mol. The van der Waals surface area contributed by atoms with Gasteiger partial charge < -0.3 is 58.3 Å². The molecule has 2 fully saturated rings. The number of nitrogens with zero attached hydrogens (tertiary/aromatic N) is 2. The van der Waals surface area contributed by atoms with Crippen LogP contribution >= 0.6 is 0 Å². The molecule has 3 heterocycles. The molecule has 3 N–H and O–H groups in total. The molecular weight excluding hydrogens is 636 g/mol. The smallest absolute Gasteiger partial charge is 0.308 e. The Morgan fingerprint density at radius 3 is 2.24 bits per heavy atom.